The molecule has 0 aliphatic rings. The van der Waals surface area contributed by atoms with Crippen LogP contribution in [0.2, 0.25) is 0 Å². The maximum atomic E-state index is 11.2. The molecule has 2 aromatic heterocycles. The lowest BCUT2D eigenvalue weighted by Crippen LogP contribution is -2.03. The molecule has 0 saturated carbocycles. The van der Waals surface area contributed by atoms with E-state index in [9.17, 15) is 10.1 Å². The summed E-state index contributed by atoms with van der Waals surface area (Å²) in [6, 6.07) is 3.66. The molecule has 2 heterocycles. The highest BCUT2D eigenvalue weighted by Gasteiger charge is 2.26. The van der Waals surface area contributed by atoms with Crippen LogP contribution in [0.4, 0.5) is 5.69 Å². The maximum Gasteiger partial charge on any atom is 0.334 e. The normalized spacial score (nSPS) is 10.7. The standard InChI is InChI=1S/C11H14N4O2/c1-3-6-9-10(15(16)17)11(13(2)12-9)14-7-4-5-8-14/h4-5,7-8H,3,6H2,1-2H3. The third-order valence-electron chi connectivity index (χ3n) is 2.58. The molecule has 0 fully saturated rings. The van der Waals surface area contributed by atoms with Crippen LogP contribution in [-0.2, 0) is 13.5 Å². The first-order valence-electron chi connectivity index (χ1n) is 5.48. The Morgan fingerprint density at radius 3 is 2.59 bits per heavy atom. The van der Waals surface area contributed by atoms with Gasteiger partial charge in [-0.1, -0.05) is 13.3 Å². The monoisotopic (exact) mass is 234 g/mol. The molecule has 90 valence electrons. The van der Waals surface area contributed by atoms with Crippen molar-refractivity contribution in [3.05, 3.63) is 40.3 Å². The Morgan fingerprint density at radius 1 is 1.41 bits per heavy atom. The van der Waals surface area contributed by atoms with E-state index < -0.39 is 0 Å². The van der Waals surface area contributed by atoms with E-state index in [1.807, 2.05) is 19.1 Å². The molecule has 0 saturated heterocycles. The SMILES string of the molecule is CCCc1nn(C)c(-n2cccc2)c1[N+](=O)[O-]. The molecule has 6 heteroatoms. The van der Waals surface area contributed by atoms with E-state index in [0.717, 1.165) is 6.42 Å². The fourth-order valence-electron chi connectivity index (χ4n) is 1.92. The minimum Gasteiger partial charge on any atom is -0.303 e. The van der Waals surface area contributed by atoms with Gasteiger partial charge in [-0.3, -0.25) is 10.1 Å². The number of aryl methyl sites for hydroxylation is 2. The van der Waals surface area contributed by atoms with Gasteiger partial charge < -0.3 is 4.57 Å². The molecule has 0 amide bonds. The quantitative estimate of drug-likeness (QED) is 0.600. The van der Waals surface area contributed by atoms with Gasteiger partial charge in [-0.15, -0.1) is 0 Å². The van der Waals surface area contributed by atoms with Crippen molar-refractivity contribution in [2.45, 2.75) is 19.8 Å². The molecule has 0 N–H and O–H groups in total. The van der Waals surface area contributed by atoms with Crippen molar-refractivity contribution in [3.63, 3.8) is 0 Å². The molecule has 0 aromatic carbocycles. The summed E-state index contributed by atoms with van der Waals surface area (Å²) in [6.07, 6.45) is 5.01. The largest absolute Gasteiger partial charge is 0.334 e. The van der Waals surface area contributed by atoms with E-state index in [1.54, 1.807) is 28.7 Å². The Kier molecular flexibility index (Phi) is 2.95. The van der Waals surface area contributed by atoms with Gasteiger partial charge in [0.1, 0.15) is 5.69 Å². The second-order valence-electron chi connectivity index (χ2n) is 3.84. The Bertz CT molecular complexity index is 528. The van der Waals surface area contributed by atoms with Crippen LogP contribution >= 0.6 is 0 Å². The molecule has 0 spiro atoms. The highest BCUT2D eigenvalue weighted by molar-refractivity contribution is 5.52. The zero-order chi connectivity index (χ0) is 12.4. The molecule has 0 unspecified atom stereocenters. The van der Waals surface area contributed by atoms with Crippen LogP contribution in [0, 0.1) is 10.1 Å². The van der Waals surface area contributed by atoms with Crippen molar-refractivity contribution in [2.24, 2.45) is 7.05 Å². The van der Waals surface area contributed by atoms with Crippen molar-refractivity contribution in [1.82, 2.24) is 14.3 Å². The first kappa shape index (κ1) is 11.4. The third-order valence-corrected chi connectivity index (χ3v) is 2.58. The third kappa shape index (κ3) is 1.93. The summed E-state index contributed by atoms with van der Waals surface area (Å²) in [5.74, 6) is 0.503. The Hall–Kier alpha value is -2.11. The molecular weight excluding hydrogens is 220 g/mol. The maximum absolute atomic E-state index is 11.2. The average molecular weight is 234 g/mol. The van der Waals surface area contributed by atoms with Gasteiger partial charge in [0.25, 0.3) is 0 Å². The highest BCUT2D eigenvalue weighted by Crippen LogP contribution is 2.27. The minimum absolute atomic E-state index is 0.102. The zero-order valence-corrected chi connectivity index (χ0v) is 9.83. The first-order valence-corrected chi connectivity index (χ1v) is 5.48. The van der Waals surface area contributed by atoms with E-state index in [0.29, 0.717) is 17.9 Å². The number of rotatable bonds is 4. The summed E-state index contributed by atoms with van der Waals surface area (Å²) in [5.41, 5.74) is 0.647. The average Bonchev–Trinajstić information content (AvgIpc) is 2.85. The lowest BCUT2D eigenvalue weighted by molar-refractivity contribution is -0.385. The predicted molar refractivity (Wildman–Crippen MR) is 63.2 cm³/mol. The predicted octanol–water partition coefficient (Wildman–Crippen LogP) is 2.07. The van der Waals surface area contributed by atoms with Crippen LogP contribution in [0.15, 0.2) is 24.5 Å². The van der Waals surface area contributed by atoms with Crippen molar-refractivity contribution >= 4 is 5.69 Å². The number of nitro groups is 1. The Labute approximate surface area is 98.6 Å². The van der Waals surface area contributed by atoms with Gasteiger partial charge in [0.05, 0.1) is 4.92 Å². The second kappa shape index (κ2) is 4.40. The van der Waals surface area contributed by atoms with Crippen molar-refractivity contribution in [2.75, 3.05) is 0 Å². The summed E-state index contributed by atoms with van der Waals surface area (Å²) >= 11 is 0. The van der Waals surface area contributed by atoms with Gasteiger partial charge in [-0.2, -0.15) is 5.10 Å². The smallest absolute Gasteiger partial charge is 0.303 e. The summed E-state index contributed by atoms with van der Waals surface area (Å²) in [6.45, 7) is 1.98. The summed E-state index contributed by atoms with van der Waals surface area (Å²) < 4.78 is 3.27. The van der Waals surface area contributed by atoms with E-state index in [2.05, 4.69) is 5.10 Å². The second-order valence-corrected chi connectivity index (χ2v) is 3.84. The van der Waals surface area contributed by atoms with Gasteiger partial charge in [0.2, 0.25) is 5.82 Å². The molecular formula is C11H14N4O2. The summed E-state index contributed by atoms with van der Waals surface area (Å²) in [5, 5.41) is 15.4. The van der Waals surface area contributed by atoms with Gasteiger partial charge in [0, 0.05) is 19.4 Å². The van der Waals surface area contributed by atoms with Gasteiger partial charge >= 0.3 is 5.69 Å². The molecule has 17 heavy (non-hydrogen) atoms. The first-order chi connectivity index (χ1) is 8.15. The van der Waals surface area contributed by atoms with Crippen LogP contribution in [0.1, 0.15) is 19.0 Å². The summed E-state index contributed by atoms with van der Waals surface area (Å²) in [4.78, 5) is 10.8. The van der Waals surface area contributed by atoms with Gasteiger partial charge in [-0.05, 0) is 18.6 Å². The molecule has 6 nitrogen and oxygen atoms in total. The lowest BCUT2D eigenvalue weighted by atomic mass is 10.2. The van der Waals surface area contributed by atoms with Crippen LogP contribution < -0.4 is 0 Å². The number of hydrogen-bond acceptors (Lipinski definition) is 3. The molecule has 0 radical (unpaired) electrons. The van der Waals surface area contributed by atoms with Crippen molar-refractivity contribution < 1.29 is 4.92 Å². The zero-order valence-electron chi connectivity index (χ0n) is 9.83. The highest BCUT2D eigenvalue weighted by atomic mass is 16.6. The van der Waals surface area contributed by atoms with Crippen LogP contribution in [0.5, 0.6) is 0 Å². The van der Waals surface area contributed by atoms with Gasteiger partial charge in [-0.25, -0.2) is 4.68 Å². The fourth-order valence-corrected chi connectivity index (χ4v) is 1.92. The Morgan fingerprint density at radius 2 is 2.06 bits per heavy atom. The van der Waals surface area contributed by atoms with Gasteiger partial charge in [0.15, 0.2) is 0 Å². The van der Waals surface area contributed by atoms with Crippen LogP contribution in [0.3, 0.4) is 0 Å². The minimum atomic E-state index is -0.354. The molecule has 2 rings (SSSR count). The van der Waals surface area contributed by atoms with Crippen LogP contribution in [0.25, 0.3) is 5.82 Å². The lowest BCUT2D eigenvalue weighted by Gasteiger charge is -2.01. The van der Waals surface area contributed by atoms with E-state index in [1.165, 1.54) is 0 Å². The number of nitrogens with zero attached hydrogens (tertiary/aromatic N) is 4. The molecule has 0 aliphatic heterocycles. The molecule has 0 bridgehead atoms. The van der Waals surface area contributed by atoms with Crippen LogP contribution in [-0.4, -0.2) is 19.3 Å². The number of hydrogen-bond donors (Lipinski definition) is 0. The number of aromatic nitrogens is 3. The van der Waals surface area contributed by atoms with E-state index in [4.69, 9.17) is 0 Å². The fraction of sp³-hybridized carbons (Fsp3) is 0.364. The molecule has 0 aliphatic carbocycles. The van der Waals surface area contributed by atoms with Crippen molar-refractivity contribution in [1.29, 1.82) is 0 Å². The van der Waals surface area contributed by atoms with E-state index >= 15 is 0 Å². The Balaban J connectivity index is 2.61. The summed E-state index contributed by atoms with van der Waals surface area (Å²) in [7, 11) is 1.72. The molecule has 0 atom stereocenters. The van der Waals surface area contributed by atoms with E-state index in [-0.39, 0.29) is 10.6 Å². The van der Waals surface area contributed by atoms with Crippen molar-refractivity contribution in [3.8, 4) is 5.82 Å². The topological polar surface area (TPSA) is 65.9 Å². The molecule has 2 aromatic rings.